The van der Waals surface area contributed by atoms with Crippen LogP contribution in [0, 0.1) is 0 Å². The maximum Gasteiger partial charge on any atom is 0.496 e. The van der Waals surface area contributed by atoms with Crippen LogP contribution in [-0.4, -0.2) is 23.3 Å². The molecule has 20 heavy (non-hydrogen) atoms. The summed E-state index contributed by atoms with van der Waals surface area (Å²) in [7, 11) is -0.447. The van der Waals surface area contributed by atoms with Gasteiger partial charge < -0.3 is 9.31 Å². The second-order valence-electron chi connectivity index (χ2n) is 6.18. The number of hydrogen-bond donors (Lipinski definition) is 0. The third-order valence-electron chi connectivity index (χ3n) is 4.26. The lowest BCUT2D eigenvalue weighted by molar-refractivity contribution is 0.00578. The van der Waals surface area contributed by atoms with E-state index in [1.54, 1.807) is 6.20 Å². The van der Waals surface area contributed by atoms with Crippen molar-refractivity contribution in [3.63, 3.8) is 0 Å². The molecule has 3 nitrogen and oxygen atoms in total. The molecule has 0 spiro atoms. The first-order valence-corrected chi connectivity index (χ1v) is 7.07. The number of pyridine rings is 1. The highest BCUT2D eigenvalue weighted by Crippen LogP contribution is 2.37. The molecule has 0 aliphatic carbocycles. The van der Waals surface area contributed by atoms with Gasteiger partial charge in [-0.2, -0.15) is 0 Å². The van der Waals surface area contributed by atoms with E-state index in [-0.39, 0.29) is 11.2 Å². The minimum atomic E-state index is -0.447. The summed E-state index contributed by atoms with van der Waals surface area (Å²) in [5.41, 5.74) is 0.112. The van der Waals surface area contributed by atoms with Crippen molar-refractivity contribution in [1.29, 1.82) is 0 Å². The Kier molecular flexibility index (Phi) is 3.09. The van der Waals surface area contributed by atoms with Crippen molar-refractivity contribution in [3.8, 4) is 0 Å². The van der Waals surface area contributed by atoms with Gasteiger partial charge >= 0.3 is 7.12 Å². The zero-order valence-corrected chi connectivity index (χ0v) is 12.9. The first-order valence-electron chi connectivity index (χ1n) is 6.69. The molecule has 3 rings (SSSR count). The molecule has 0 radical (unpaired) electrons. The van der Waals surface area contributed by atoms with Gasteiger partial charge in [0.05, 0.1) is 11.2 Å². The largest absolute Gasteiger partial charge is 0.496 e. The molecule has 1 aromatic carbocycles. The number of hydrogen-bond acceptors (Lipinski definition) is 3. The van der Waals surface area contributed by atoms with Crippen LogP contribution in [0.2, 0.25) is 5.02 Å². The second-order valence-corrected chi connectivity index (χ2v) is 6.59. The van der Waals surface area contributed by atoms with E-state index in [2.05, 4.69) is 4.98 Å². The summed E-state index contributed by atoms with van der Waals surface area (Å²) in [4.78, 5) is 4.14. The summed E-state index contributed by atoms with van der Waals surface area (Å²) < 4.78 is 12.1. The van der Waals surface area contributed by atoms with E-state index in [1.807, 2.05) is 52.1 Å². The number of nitrogens with zero attached hydrogens (tertiary/aromatic N) is 1. The molecule has 2 heterocycles. The smallest absolute Gasteiger partial charge is 0.399 e. The van der Waals surface area contributed by atoms with Crippen LogP contribution in [0.15, 0.2) is 30.6 Å². The van der Waals surface area contributed by atoms with Crippen molar-refractivity contribution in [2.24, 2.45) is 0 Å². The lowest BCUT2D eigenvalue weighted by Crippen LogP contribution is -2.41. The van der Waals surface area contributed by atoms with Crippen LogP contribution in [0.5, 0.6) is 0 Å². The van der Waals surface area contributed by atoms with Crippen molar-refractivity contribution in [2.75, 3.05) is 0 Å². The normalized spacial score (nSPS) is 20.6. The van der Waals surface area contributed by atoms with E-state index < -0.39 is 7.12 Å². The van der Waals surface area contributed by atoms with E-state index in [9.17, 15) is 0 Å². The van der Waals surface area contributed by atoms with Gasteiger partial charge in [0.1, 0.15) is 0 Å². The van der Waals surface area contributed by atoms with Crippen LogP contribution in [0.4, 0.5) is 0 Å². The Labute approximate surface area is 124 Å². The van der Waals surface area contributed by atoms with Crippen LogP contribution in [-0.2, 0) is 9.31 Å². The lowest BCUT2D eigenvalue weighted by Gasteiger charge is -2.32. The van der Waals surface area contributed by atoms with Crippen LogP contribution in [0.1, 0.15) is 27.7 Å². The second kappa shape index (κ2) is 4.45. The molecule has 5 heteroatoms. The molecular weight excluding hydrogens is 272 g/mol. The minimum Gasteiger partial charge on any atom is -0.399 e. The SMILES string of the molecule is CC1(C)OB(c2cc3cnccc3cc2Cl)OC1(C)C. The quantitative estimate of drug-likeness (QED) is 0.756. The maximum atomic E-state index is 6.39. The van der Waals surface area contributed by atoms with Crippen LogP contribution >= 0.6 is 11.6 Å². The standard InChI is InChI=1S/C15H17BClNO2/c1-14(2)15(3,4)20-16(19-14)12-7-11-9-18-6-5-10(11)8-13(12)17/h5-9H,1-4H3. The minimum absolute atomic E-state index is 0.370. The molecule has 1 aliphatic heterocycles. The Hall–Kier alpha value is -1.10. The summed E-state index contributed by atoms with van der Waals surface area (Å²) >= 11 is 6.39. The highest BCUT2D eigenvalue weighted by Gasteiger charge is 2.52. The van der Waals surface area contributed by atoms with Gasteiger partial charge in [-0.25, -0.2) is 0 Å². The molecule has 1 fully saturated rings. The van der Waals surface area contributed by atoms with Gasteiger partial charge in [-0.15, -0.1) is 0 Å². The first-order chi connectivity index (χ1) is 9.30. The maximum absolute atomic E-state index is 6.39. The molecule has 0 amide bonds. The van der Waals surface area contributed by atoms with Gasteiger partial charge in [0.25, 0.3) is 0 Å². The van der Waals surface area contributed by atoms with E-state index in [1.165, 1.54) is 0 Å². The van der Waals surface area contributed by atoms with Gasteiger partial charge in [0, 0.05) is 22.9 Å². The fraction of sp³-hybridized carbons (Fsp3) is 0.400. The van der Waals surface area contributed by atoms with Gasteiger partial charge in [-0.3, -0.25) is 4.98 Å². The topological polar surface area (TPSA) is 31.4 Å². The zero-order valence-electron chi connectivity index (χ0n) is 12.1. The van der Waals surface area contributed by atoms with Crippen LogP contribution in [0.3, 0.4) is 0 Å². The summed E-state index contributed by atoms with van der Waals surface area (Å²) in [5, 5.41) is 2.74. The van der Waals surface area contributed by atoms with Crippen molar-refractivity contribution in [1.82, 2.24) is 4.98 Å². The number of fused-ring (bicyclic) bond motifs is 1. The number of rotatable bonds is 1. The summed E-state index contributed by atoms with van der Waals surface area (Å²) in [6.07, 6.45) is 3.58. The number of benzene rings is 1. The van der Waals surface area contributed by atoms with E-state index >= 15 is 0 Å². The van der Waals surface area contributed by atoms with Crippen molar-refractivity contribution in [2.45, 2.75) is 38.9 Å². The molecule has 0 unspecified atom stereocenters. The average Bonchev–Trinajstić information content (AvgIpc) is 2.57. The molecule has 1 aromatic heterocycles. The Morgan fingerprint density at radius 2 is 1.70 bits per heavy atom. The number of aromatic nitrogens is 1. The van der Waals surface area contributed by atoms with Crippen molar-refractivity contribution >= 4 is 35.0 Å². The molecule has 0 bridgehead atoms. The van der Waals surface area contributed by atoms with Gasteiger partial charge in [0.15, 0.2) is 0 Å². The molecule has 1 saturated heterocycles. The highest BCUT2D eigenvalue weighted by atomic mass is 35.5. The van der Waals surface area contributed by atoms with Gasteiger partial charge in [-0.05, 0) is 50.6 Å². The predicted molar refractivity (Wildman–Crippen MR) is 82.5 cm³/mol. The molecule has 1 aliphatic rings. The van der Waals surface area contributed by atoms with Gasteiger partial charge in [-0.1, -0.05) is 17.7 Å². The van der Waals surface area contributed by atoms with Crippen LogP contribution in [0.25, 0.3) is 10.8 Å². The number of halogens is 1. The third kappa shape index (κ3) is 2.12. The lowest BCUT2D eigenvalue weighted by atomic mass is 9.78. The van der Waals surface area contributed by atoms with E-state index in [0.29, 0.717) is 5.02 Å². The monoisotopic (exact) mass is 289 g/mol. The van der Waals surface area contributed by atoms with E-state index in [4.69, 9.17) is 20.9 Å². The Bertz CT molecular complexity index is 656. The van der Waals surface area contributed by atoms with Gasteiger partial charge in [0.2, 0.25) is 0 Å². The molecule has 2 aromatic rings. The predicted octanol–water partition coefficient (Wildman–Crippen LogP) is 3.19. The first kappa shape index (κ1) is 13.9. The fourth-order valence-corrected chi connectivity index (χ4v) is 2.54. The zero-order chi connectivity index (χ0) is 14.5. The van der Waals surface area contributed by atoms with Crippen molar-refractivity contribution < 1.29 is 9.31 Å². The van der Waals surface area contributed by atoms with Crippen LogP contribution < -0.4 is 5.46 Å². The summed E-state index contributed by atoms with van der Waals surface area (Å²) in [6.45, 7) is 8.13. The Morgan fingerprint density at radius 1 is 1.05 bits per heavy atom. The molecule has 104 valence electrons. The molecular formula is C15H17BClNO2. The molecule has 0 N–H and O–H groups in total. The van der Waals surface area contributed by atoms with Crippen molar-refractivity contribution in [3.05, 3.63) is 35.6 Å². The third-order valence-corrected chi connectivity index (χ3v) is 4.59. The van der Waals surface area contributed by atoms with E-state index in [0.717, 1.165) is 16.2 Å². The highest BCUT2D eigenvalue weighted by molar-refractivity contribution is 6.66. The Balaban J connectivity index is 2.05. The fourth-order valence-electron chi connectivity index (χ4n) is 2.28. The summed E-state index contributed by atoms with van der Waals surface area (Å²) in [6, 6.07) is 5.86. The Morgan fingerprint density at radius 3 is 2.35 bits per heavy atom. The molecule has 0 saturated carbocycles. The summed E-state index contributed by atoms with van der Waals surface area (Å²) in [5.74, 6) is 0. The molecule has 0 atom stereocenters. The average molecular weight is 290 g/mol.